The minimum absolute atomic E-state index is 0.295. The number of fused-ring (bicyclic) bond motifs is 2. The predicted octanol–water partition coefficient (Wildman–Crippen LogP) is 3.14. The van der Waals surface area contributed by atoms with Crippen LogP contribution in [0.3, 0.4) is 0 Å². The third-order valence-corrected chi connectivity index (χ3v) is 5.94. The average molecular weight is 430 g/mol. The number of carbonyl (C=O) groups excluding carboxylic acids is 2. The minimum Gasteiger partial charge on any atom is -0.480 e. The molecular formula is C20H16ClN3O4S. The van der Waals surface area contributed by atoms with Gasteiger partial charge >= 0.3 is 5.97 Å². The van der Waals surface area contributed by atoms with E-state index in [4.69, 9.17) is 11.6 Å². The van der Waals surface area contributed by atoms with Crippen LogP contribution in [0.2, 0.25) is 5.02 Å². The van der Waals surface area contributed by atoms with Crippen LogP contribution in [0, 0.1) is 0 Å². The summed E-state index contributed by atoms with van der Waals surface area (Å²) in [6.45, 7) is -0.479. The number of nitrogens with one attached hydrogen (secondary N) is 2. The van der Waals surface area contributed by atoms with Gasteiger partial charge in [0.25, 0.3) is 11.8 Å². The Morgan fingerprint density at radius 2 is 2.03 bits per heavy atom. The molecule has 2 amide bonds. The maximum Gasteiger partial charge on any atom is 0.323 e. The van der Waals surface area contributed by atoms with Crippen molar-refractivity contribution in [1.29, 1.82) is 0 Å². The van der Waals surface area contributed by atoms with Gasteiger partial charge in [0, 0.05) is 26.6 Å². The Labute approximate surface area is 175 Å². The van der Waals surface area contributed by atoms with Gasteiger partial charge in [-0.05, 0) is 36.4 Å². The Morgan fingerprint density at radius 1 is 1.24 bits per heavy atom. The number of aromatic amines is 1. The molecule has 1 unspecified atom stereocenters. The number of para-hydroxylation sites is 1. The summed E-state index contributed by atoms with van der Waals surface area (Å²) >= 11 is 7.39. The predicted molar refractivity (Wildman–Crippen MR) is 112 cm³/mol. The molecule has 0 saturated carbocycles. The lowest BCUT2D eigenvalue weighted by molar-refractivity contribution is -0.136. The van der Waals surface area contributed by atoms with Crippen LogP contribution >= 0.6 is 23.4 Å². The zero-order chi connectivity index (χ0) is 20.5. The van der Waals surface area contributed by atoms with Crippen LogP contribution in [0.25, 0.3) is 10.9 Å². The van der Waals surface area contributed by atoms with E-state index in [1.165, 1.54) is 16.7 Å². The molecule has 148 valence electrons. The van der Waals surface area contributed by atoms with Crippen molar-refractivity contribution in [3.8, 4) is 0 Å². The fraction of sp³-hybridized carbons (Fsp3) is 0.150. The fourth-order valence-electron chi connectivity index (χ4n) is 3.22. The largest absolute Gasteiger partial charge is 0.480 e. The lowest BCUT2D eigenvalue weighted by Crippen LogP contribution is -2.50. The van der Waals surface area contributed by atoms with E-state index in [9.17, 15) is 19.5 Å². The number of benzene rings is 2. The first-order valence-corrected chi connectivity index (χ1v) is 10.1. The summed E-state index contributed by atoms with van der Waals surface area (Å²) < 4.78 is 0. The normalized spacial score (nSPS) is 16.4. The number of amides is 2. The van der Waals surface area contributed by atoms with E-state index in [1.807, 2.05) is 12.1 Å². The number of carboxylic acid groups (broad SMARTS) is 1. The monoisotopic (exact) mass is 429 g/mol. The maximum atomic E-state index is 13.0. The molecule has 2 aromatic carbocycles. The van der Waals surface area contributed by atoms with Gasteiger partial charge in [-0.15, -0.1) is 11.8 Å². The zero-order valence-electron chi connectivity index (χ0n) is 15.0. The average Bonchev–Trinajstić information content (AvgIpc) is 3.07. The number of aromatic nitrogens is 1. The van der Waals surface area contributed by atoms with Gasteiger partial charge in [-0.2, -0.15) is 0 Å². The molecular weight excluding hydrogens is 414 g/mol. The van der Waals surface area contributed by atoms with E-state index in [0.717, 1.165) is 15.8 Å². The molecule has 1 aliphatic rings. The highest BCUT2D eigenvalue weighted by Gasteiger charge is 2.33. The van der Waals surface area contributed by atoms with Crippen LogP contribution in [0.1, 0.15) is 10.5 Å². The second kappa shape index (κ2) is 7.81. The van der Waals surface area contributed by atoms with Crippen molar-refractivity contribution < 1.29 is 19.5 Å². The molecule has 0 fully saturated rings. The molecule has 3 N–H and O–H groups in total. The Kier molecular flexibility index (Phi) is 5.21. The molecule has 0 saturated heterocycles. The SMILES string of the molecule is O=C(O)CN1C(=O)C(NC(=O)c2cc3cc(Cl)ccc3[nH]2)CSc2ccccc21. The summed E-state index contributed by atoms with van der Waals surface area (Å²) in [7, 11) is 0. The molecule has 0 spiro atoms. The first-order valence-electron chi connectivity index (χ1n) is 8.76. The topological polar surface area (TPSA) is 102 Å². The van der Waals surface area contributed by atoms with E-state index in [1.54, 1.807) is 36.4 Å². The first kappa shape index (κ1) is 19.4. The third-order valence-electron chi connectivity index (χ3n) is 4.55. The molecule has 0 bridgehead atoms. The molecule has 4 rings (SSSR count). The Hall–Kier alpha value is -2.97. The highest BCUT2D eigenvalue weighted by atomic mass is 35.5. The van der Waals surface area contributed by atoms with E-state index < -0.39 is 30.4 Å². The quantitative estimate of drug-likeness (QED) is 0.591. The number of carbonyl (C=O) groups is 3. The van der Waals surface area contributed by atoms with Crippen LogP contribution in [0.5, 0.6) is 0 Å². The van der Waals surface area contributed by atoms with Gasteiger partial charge in [0.1, 0.15) is 18.3 Å². The van der Waals surface area contributed by atoms with Crippen LogP contribution in [0.4, 0.5) is 5.69 Å². The van der Waals surface area contributed by atoms with E-state index in [-0.39, 0.29) is 0 Å². The number of hydrogen-bond donors (Lipinski definition) is 3. The van der Waals surface area contributed by atoms with Gasteiger partial charge in [-0.1, -0.05) is 23.7 Å². The summed E-state index contributed by atoms with van der Waals surface area (Å²) in [5, 5.41) is 13.3. The summed E-state index contributed by atoms with van der Waals surface area (Å²) in [4.78, 5) is 42.1. The van der Waals surface area contributed by atoms with Crippen molar-refractivity contribution in [1.82, 2.24) is 10.3 Å². The van der Waals surface area contributed by atoms with E-state index in [0.29, 0.717) is 22.2 Å². The first-order chi connectivity index (χ1) is 13.9. The molecule has 0 radical (unpaired) electrons. The van der Waals surface area contributed by atoms with Crippen LogP contribution in [-0.2, 0) is 9.59 Å². The molecule has 1 aromatic heterocycles. The van der Waals surface area contributed by atoms with Gasteiger partial charge in [0.05, 0.1) is 5.69 Å². The smallest absolute Gasteiger partial charge is 0.323 e. The Balaban J connectivity index is 1.60. The van der Waals surface area contributed by atoms with Crippen molar-refractivity contribution >= 4 is 57.7 Å². The van der Waals surface area contributed by atoms with E-state index in [2.05, 4.69) is 10.3 Å². The molecule has 7 nitrogen and oxygen atoms in total. The highest BCUT2D eigenvalue weighted by Crippen LogP contribution is 2.34. The summed E-state index contributed by atoms with van der Waals surface area (Å²) in [5.74, 6) is -1.74. The Morgan fingerprint density at radius 3 is 2.83 bits per heavy atom. The standard InChI is InChI=1S/C20H16ClN3O4S/c21-12-5-6-13-11(7-12)8-14(22-13)19(27)23-15-10-29-17-4-2-1-3-16(17)24(20(15)28)9-18(25)26/h1-8,15,22H,9-10H2,(H,23,27)(H,25,26). The van der Waals surface area contributed by atoms with E-state index >= 15 is 0 Å². The van der Waals surface area contributed by atoms with Gasteiger partial charge in [0.15, 0.2) is 0 Å². The fourth-order valence-corrected chi connectivity index (χ4v) is 4.47. The molecule has 2 heterocycles. The molecule has 1 aliphatic heterocycles. The van der Waals surface area contributed by atoms with Crippen molar-refractivity contribution in [3.63, 3.8) is 0 Å². The molecule has 29 heavy (non-hydrogen) atoms. The third kappa shape index (κ3) is 3.94. The molecule has 9 heteroatoms. The van der Waals surface area contributed by atoms with Crippen molar-refractivity contribution in [2.75, 3.05) is 17.2 Å². The summed E-state index contributed by atoms with van der Waals surface area (Å²) in [5.41, 5.74) is 1.58. The van der Waals surface area contributed by atoms with Gasteiger partial charge in [-0.3, -0.25) is 19.3 Å². The number of thioether (sulfide) groups is 1. The van der Waals surface area contributed by atoms with Crippen molar-refractivity contribution in [2.45, 2.75) is 10.9 Å². The van der Waals surface area contributed by atoms with Crippen molar-refractivity contribution in [3.05, 3.63) is 59.2 Å². The van der Waals surface area contributed by atoms with Crippen molar-refractivity contribution in [2.24, 2.45) is 0 Å². The maximum absolute atomic E-state index is 13.0. The second-order valence-electron chi connectivity index (χ2n) is 6.54. The molecule has 0 aliphatic carbocycles. The number of hydrogen-bond acceptors (Lipinski definition) is 4. The number of halogens is 1. The number of rotatable bonds is 4. The number of nitrogens with zero attached hydrogens (tertiary/aromatic N) is 1. The van der Waals surface area contributed by atoms with Gasteiger partial charge < -0.3 is 15.4 Å². The van der Waals surface area contributed by atoms with Crippen LogP contribution < -0.4 is 10.2 Å². The second-order valence-corrected chi connectivity index (χ2v) is 8.04. The lowest BCUT2D eigenvalue weighted by atomic mass is 10.2. The molecule has 3 aromatic rings. The highest BCUT2D eigenvalue weighted by molar-refractivity contribution is 7.99. The number of anilines is 1. The summed E-state index contributed by atoms with van der Waals surface area (Å²) in [6, 6.07) is 13.1. The van der Waals surface area contributed by atoms with Gasteiger partial charge in [-0.25, -0.2) is 0 Å². The zero-order valence-corrected chi connectivity index (χ0v) is 16.6. The number of H-pyrrole nitrogens is 1. The van der Waals surface area contributed by atoms with Gasteiger partial charge in [0.2, 0.25) is 0 Å². The summed E-state index contributed by atoms with van der Waals surface area (Å²) in [6.07, 6.45) is 0. The number of aliphatic carboxylic acids is 1. The minimum atomic E-state index is -1.13. The van der Waals surface area contributed by atoms with Crippen LogP contribution in [0.15, 0.2) is 53.4 Å². The molecule has 1 atom stereocenters. The lowest BCUT2D eigenvalue weighted by Gasteiger charge is -2.24. The Bertz CT molecular complexity index is 1130. The van der Waals surface area contributed by atoms with Crippen LogP contribution in [-0.4, -0.2) is 46.2 Å². The number of carboxylic acids is 1.